The summed E-state index contributed by atoms with van der Waals surface area (Å²) in [7, 11) is 2.02. The molecule has 4 rings (SSSR count). The Labute approximate surface area is 134 Å². The van der Waals surface area contributed by atoms with Gasteiger partial charge in [-0.3, -0.25) is 4.57 Å². The van der Waals surface area contributed by atoms with E-state index < -0.39 is 0 Å². The Bertz CT molecular complexity index is 728. The SMILES string of the molecule is C[C@H]1C[C@@H](CO)O[C@H]1n1cnc2c(N(C)C3CC3)nc(N)nc21. The minimum Gasteiger partial charge on any atom is -0.394 e. The fourth-order valence-corrected chi connectivity index (χ4v) is 3.36. The monoisotopic (exact) mass is 318 g/mol. The number of hydrogen-bond acceptors (Lipinski definition) is 7. The molecule has 3 N–H and O–H groups in total. The van der Waals surface area contributed by atoms with E-state index in [1.807, 2.05) is 11.6 Å². The number of aliphatic hydroxyl groups excluding tert-OH is 1. The summed E-state index contributed by atoms with van der Waals surface area (Å²) >= 11 is 0. The predicted octanol–water partition coefficient (Wildman–Crippen LogP) is 0.923. The number of imidazole rings is 1. The van der Waals surface area contributed by atoms with Gasteiger partial charge in [0.15, 0.2) is 17.0 Å². The highest BCUT2D eigenvalue weighted by atomic mass is 16.5. The van der Waals surface area contributed by atoms with Gasteiger partial charge in [-0.1, -0.05) is 6.92 Å². The van der Waals surface area contributed by atoms with E-state index in [-0.39, 0.29) is 30.8 Å². The number of anilines is 2. The van der Waals surface area contributed by atoms with Crippen LogP contribution in [0.4, 0.5) is 11.8 Å². The maximum atomic E-state index is 9.34. The maximum absolute atomic E-state index is 9.34. The summed E-state index contributed by atoms with van der Waals surface area (Å²) in [5, 5.41) is 9.34. The first-order chi connectivity index (χ1) is 11.1. The molecule has 0 unspecified atom stereocenters. The van der Waals surface area contributed by atoms with Crippen LogP contribution in [0.25, 0.3) is 11.2 Å². The third-order valence-corrected chi connectivity index (χ3v) is 4.78. The Morgan fingerprint density at radius 3 is 2.87 bits per heavy atom. The molecule has 0 aromatic carbocycles. The topological polar surface area (TPSA) is 102 Å². The van der Waals surface area contributed by atoms with Gasteiger partial charge in [-0.2, -0.15) is 9.97 Å². The molecule has 1 aliphatic carbocycles. The van der Waals surface area contributed by atoms with Crippen LogP contribution in [0.3, 0.4) is 0 Å². The second-order valence-electron chi connectivity index (χ2n) is 6.62. The summed E-state index contributed by atoms with van der Waals surface area (Å²) in [6.45, 7) is 2.13. The van der Waals surface area contributed by atoms with Gasteiger partial charge in [-0.15, -0.1) is 0 Å². The zero-order chi connectivity index (χ0) is 16.1. The zero-order valence-corrected chi connectivity index (χ0v) is 13.4. The van der Waals surface area contributed by atoms with Crippen molar-refractivity contribution in [3.8, 4) is 0 Å². The minimum atomic E-state index is -0.189. The normalized spacial score (nSPS) is 27.7. The summed E-state index contributed by atoms with van der Waals surface area (Å²) in [5.41, 5.74) is 7.36. The largest absolute Gasteiger partial charge is 0.394 e. The summed E-state index contributed by atoms with van der Waals surface area (Å²) in [6, 6.07) is 0.512. The van der Waals surface area contributed by atoms with Crippen LogP contribution in [0.1, 0.15) is 32.4 Å². The van der Waals surface area contributed by atoms with Crippen LogP contribution in [0, 0.1) is 5.92 Å². The highest BCUT2D eigenvalue weighted by Crippen LogP contribution is 2.37. The van der Waals surface area contributed by atoms with Crippen molar-refractivity contribution in [3.63, 3.8) is 0 Å². The number of nitrogens with two attached hydrogens (primary N) is 1. The zero-order valence-electron chi connectivity index (χ0n) is 13.4. The highest BCUT2D eigenvalue weighted by Gasteiger charge is 2.35. The number of aromatic nitrogens is 4. The average Bonchev–Trinajstić information content (AvgIpc) is 3.20. The van der Waals surface area contributed by atoms with Gasteiger partial charge < -0.3 is 20.5 Å². The molecule has 0 spiro atoms. The van der Waals surface area contributed by atoms with Gasteiger partial charge in [0.1, 0.15) is 6.23 Å². The van der Waals surface area contributed by atoms with Crippen LogP contribution in [0.2, 0.25) is 0 Å². The summed E-state index contributed by atoms with van der Waals surface area (Å²) in [4.78, 5) is 15.4. The molecule has 2 fully saturated rings. The number of aliphatic hydroxyl groups is 1. The molecule has 0 bridgehead atoms. The molecule has 2 aliphatic rings. The second kappa shape index (κ2) is 5.31. The van der Waals surface area contributed by atoms with Gasteiger partial charge in [0.05, 0.1) is 19.0 Å². The molecule has 8 nitrogen and oxygen atoms in total. The quantitative estimate of drug-likeness (QED) is 0.864. The number of fused-ring (bicyclic) bond motifs is 1. The Morgan fingerprint density at radius 2 is 2.22 bits per heavy atom. The molecule has 1 saturated heterocycles. The smallest absolute Gasteiger partial charge is 0.224 e. The number of rotatable bonds is 4. The van der Waals surface area contributed by atoms with Crippen LogP contribution < -0.4 is 10.6 Å². The van der Waals surface area contributed by atoms with Crippen molar-refractivity contribution in [1.82, 2.24) is 19.5 Å². The van der Waals surface area contributed by atoms with Crippen molar-refractivity contribution in [2.75, 3.05) is 24.3 Å². The Hall–Kier alpha value is -1.93. The van der Waals surface area contributed by atoms with Crippen LogP contribution in [0.15, 0.2) is 6.33 Å². The molecule has 2 aromatic heterocycles. The van der Waals surface area contributed by atoms with Crippen molar-refractivity contribution in [1.29, 1.82) is 0 Å². The molecule has 124 valence electrons. The number of nitrogen functional groups attached to an aromatic ring is 1. The van der Waals surface area contributed by atoms with Crippen molar-refractivity contribution < 1.29 is 9.84 Å². The van der Waals surface area contributed by atoms with Crippen molar-refractivity contribution in [2.45, 2.75) is 44.6 Å². The van der Waals surface area contributed by atoms with Crippen LogP contribution in [-0.4, -0.2) is 50.4 Å². The molecule has 0 amide bonds. The number of ether oxygens (including phenoxy) is 1. The molecular formula is C15H22N6O2. The first kappa shape index (κ1) is 14.6. The van der Waals surface area contributed by atoms with Gasteiger partial charge >= 0.3 is 0 Å². The Balaban J connectivity index is 1.77. The molecule has 3 atom stereocenters. The molecule has 0 radical (unpaired) electrons. The first-order valence-electron chi connectivity index (χ1n) is 8.07. The predicted molar refractivity (Wildman–Crippen MR) is 85.9 cm³/mol. The van der Waals surface area contributed by atoms with E-state index in [2.05, 4.69) is 26.8 Å². The number of hydrogen-bond donors (Lipinski definition) is 2. The van der Waals surface area contributed by atoms with Crippen LogP contribution in [0.5, 0.6) is 0 Å². The molecule has 8 heteroatoms. The lowest BCUT2D eigenvalue weighted by Gasteiger charge is -2.19. The van der Waals surface area contributed by atoms with Gasteiger partial charge in [-0.25, -0.2) is 4.98 Å². The van der Waals surface area contributed by atoms with E-state index >= 15 is 0 Å². The van der Waals surface area contributed by atoms with Crippen LogP contribution in [-0.2, 0) is 4.74 Å². The van der Waals surface area contributed by atoms with Gasteiger partial charge in [0.25, 0.3) is 0 Å². The lowest BCUT2D eigenvalue weighted by Crippen LogP contribution is -2.22. The molecule has 2 aromatic rings. The lowest BCUT2D eigenvalue weighted by molar-refractivity contribution is -0.0294. The molecule has 1 aliphatic heterocycles. The molecule has 23 heavy (non-hydrogen) atoms. The summed E-state index contributed by atoms with van der Waals surface area (Å²) < 4.78 is 7.85. The van der Waals surface area contributed by atoms with E-state index in [0.29, 0.717) is 11.7 Å². The summed E-state index contributed by atoms with van der Waals surface area (Å²) in [6.07, 6.45) is 4.57. The maximum Gasteiger partial charge on any atom is 0.224 e. The van der Waals surface area contributed by atoms with Gasteiger partial charge in [-0.05, 0) is 19.3 Å². The molecule has 3 heterocycles. The Morgan fingerprint density at radius 1 is 1.43 bits per heavy atom. The van der Waals surface area contributed by atoms with Crippen molar-refractivity contribution >= 4 is 22.9 Å². The standard InChI is InChI=1S/C15H22N6O2/c1-8-5-10(6-22)23-14(8)21-7-17-11-12(20(2)9-3-4-9)18-15(16)19-13(11)21/h7-10,14,22H,3-6H2,1-2H3,(H2,16,18,19)/t8-,10-,14+/m0/s1. The van der Waals surface area contributed by atoms with E-state index in [4.69, 9.17) is 10.5 Å². The fourth-order valence-electron chi connectivity index (χ4n) is 3.36. The minimum absolute atomic E-state index is 0.0280. The van der Waals surface area contributed by atoms with Gasteiger partial charge in [0.2, 0.25) is 5.95 Å². The highest BCUT2D eigenvalue weighted by molar-refractivity contribution is 5.85. The van der Waals surface area contributed by atoms with E-state index in [0.717, 1.165) is 17.8 Å². The van der Waals surface area contributed by atoms with E-state index in [9.17, 15) is 5.11 Å². The van der Waals surface area contributed by atoms with Crippen molar-refractivity contribution in [3.05, 3.63) is 6.33 Å². The molecule has 1 saturated carbocycles. The first-order valence-corrected chi connectivity index (χ1v) is 8.07. The lowest BCUT2D eigenvalue weighted by atomic mass is 10.1. The third kappa shape index (κ3) is 2.42. The van der Waals surface area contributed by atoms with Crippen molar-refractivity contribution in [2.24, 2.45) is 5.92 Å². The average molecular weight is 318 g/mol. The molecular weight excluding hydrogens is 296 g/mol. The van der Waals surface area contributed by atoms with E-state index in [1.54, 1.807) is 6.33 Å². The summed E-state index contributed by atoms with van der Waals surface area (Å²) in [5.74, 6) is 1.29. The number of nitrogens with zero attached hydrogens (tertiary/aromatic N) is 5. The second-order valence-corrected chi connectivity index (χ2v) is 6.62. The Kier molecular flexibility index (Phi) is 3.38. The van der Waals surface area contributed by atoms with Crippen LogP contribution >= 0.6 is 0 Å². The van der Waals surface area contributed by atoms with E-state index in [1.165, 1.54) is 12.8 Å². The fraction of sp³-hybridized carbons (Fsp3) is 0.667. The third-order valence-electron chi connectivity index (χ3n) is 4.78. The van der Waals surface area contributed by atoms with Gasteiger partial charge in [0, 0.05) is 19.0 Å².